The molecule has 0 bridgehead atoms. The van der Waals surface area contributed by atoms with Crippen LogP contribution in [0.1, 0.15) is 35.0 Å². The van der Waals surface area contributed by atoms with E-state index in [9.17, 15) is 9.59 Å². The summed E-state index contributed by atoms with van der Waals surface area (Å²) in [5.74, 6) is 0.454. The van der Waals surface area contributed by atoms with Gasteiger partial charge >= 0.3 is 0 Å². The van der Waals surface area contributed by atoms with Gasteiger partial charge in [-0.15, -0.1) is 11.3 Å². The van der Waals surface area contributed by atoms with Gasteiger partial charge in [0.15, 0.2) is 0 Å². The molecule has 4 rings (SSSR count). The van der Waals surface area contributed by atoms with E-state index in [1.165, 1.54) is 4.88 Å². The highest BCUT2D eigenvalue weighted by Crippen LogP contribution is 2.34. The third-order valence-corrected chi connectivity index (χ3v) is 5.90. The minimum absolute atomic E-state index is 0.0181. The molecule has 0 spiro atoms. The lowest BCUT2D eigenvalue weighted by atomic mass is 10.1. The highest BCUT2D eigenvalue weighted by Gasteiger charge is 2.31. The van der Waals surface area contributed by atoms with Crippen LogP contribution in [0.5, 0.6) is 0 Å². The van der Waals surface area contributed by atoms with Gasteiger partial charge in [0, 0.05) is 40.6 Å². The molecule has 6 nitrogen and oxygen atoms in total. The van der Waals surface area contributed by atoms with Crippen LogP contribution in [0.15, 0.2) is 46.8 Å². The van der Waals surface area contributed by atoms with Gasteiger partial charge in [0.25, 0.3) is 5.56 Å². The van der Waals surface area contributed by atoms with Crippen LogP contribution in [0.25, 0.3) is 11.4 Å². The van der Waals surface area contributed by atoms with Crippen molar-refractivity contribution in [3.63, 3.8) is 0 Å². The zero-order valence-electron chi connectivity index (χ0n) is 15.0. The summed E-state index contributed by atoms with van der Waals surface area (Å²) in [6, 6.07) is 7.84. The zero-order valence-corrected chi connectivity index (χ0v) is 15.8. The van der Waals surface area contributed by atoms with Crippen LogP contribution in [-0.4, -0.2) is 32.3 Å². The van der Waals surface area contributed by atoms with Crippen molar-refractivity contribution >= 4 is 17.2 Å². The van der Waals surface area contributed by atoms with Crippen molar-refractivity contribution in [3.05, 3.63) is 68.5 Å². The van der Waals surface area contributed by atoms with E-state index in [0.29, 0.717) is 17.1 Å². The maximum atomic E-state index is 12.9. The van der Waals surface area contributed by atoms with Crippen molar-refractivity contribution in [2.75, 3.05) is 6.54 Å². The number of pyridine rings is 1. The van der Waals surface area contributed by atoms with Gasteiger partial charge in [-0.1, -0.05) is 6.07 Å². The number of aryl methyl sites for hydroxylation is 1. The largest absolute Gasteiger partial charge is 0.335 e. The Kier molecular flexibility index (Phi) is 4.85. The van der Waals surface area contributed by atoms with Crippen LogP contribution >= 0.6 is 11.3 Å². The summed E-state index contributed by atoms with van der Waals surface area (Å²) >= 11 is 1.67. The van der Waals surface area contributed by atoms with Gasteiger partial charge < -0.3 is 9.88 Å². The van der Waals surface area contributed by atoms with Crippen molar-refractivity contribution < 1.29 is 4.79 Å². The smallest absolute Gasteiger partial charge is 0.255 e. The number of nitrogens with one attached hydrogen (secondary N) is 1. The Morgan fingerprint density at radius 3 is 2.96 bits per heavy atom. The monoisotopic (exact) mass is 380 g/mol. The Morgan fingerprint density at radius 2 is 2.26 bits per heavy atom. The van der Waals surface area contributed by atoms with E-state index in [1.54, 1.807) is 36.7 Å². The lowest BCUT2D eigenvalue weighted by Gasteiger charge is -2.24. The number of amides is 1. The van der Waals surface area contributed by atoms with Gasteiger partial charge in [-0.05, 0) is 43.3 Å². The molecular weight excluding hydrogens is 360 g/mol. The SMILES string of the molecule is Cc1nc(-c2cccnc2)[nH]c(=O)c1CC(=O)N1CCCC1c1cccs1. The fourth-order valence-corrected chi connectivity index (χ4v) is 4.43. The Hall–Kier alpha value is -2.80. The number of aromatic nitrogens is 3. The summed E-state index contributed by atoms with van der Waals surface area (Å²) in [6.45, 7) is 2.51. The van der Waals surface area contributed by atoms with Gasteiger partial charge in [0.05, 0.1) is 12.5 Å². The fraction of sp³-hybridized carbons (Fsp3) is 0.300. The summed E-state index contributed by atoms with van der Waals surface area (Å²) in [7, 11) is 0. The second-order valence-corrected chi connectivity index (χ2v) is 7.64. The first-order valence-electron chi connectivity index (χ1n) is 8.96. The molecule has 3 aromatic heterocycles. The van der Waals surface area contributed by atoms with E-state index >= 15 is 0 Å². The van der Waals surface area contributed by atoms with Crippen LogP contribution < -0.4 is 5.56 Å². The second-order valence-electron chi connectivity index (χ2n) is 6.66. The molecule has 1 aliphatic heterocycles. The number of nitrogens with zero attached hydrogens (tertiary/aromatic N) is 3. The number of thiophene rings is 1. The van der Waals surface area contributed by atoms with Crippen LogP contribution in [0, 0.1) is 6.92 Å². The quantitative estimate of drug-likeness (QED) is 0.754. The average Bonchev–Trinajstić information content (AvgIpc) is 3.36. The summed E-state index contributed by atoms with van der Waals surface area (Å²) in [5, 5.41) is 2.03. The molecule has 1 aliphatic rings. The topological polar surface area (TPSA) is 79.0 Å². The van der Waals surface area contributed by atoms with Crippen LogP contribution in [0.3, 0.4) is 0 Å². The van der Waals surface area contributed by atoms with Gasteiger partial charge in [-0.3, -0.25) is 14.6 Å². The van der Waals surface area contributed by atoms with E-state index in [2.05, 4.69) is 21.0 Å². The Morgan fingerprint density at radius 1 is 1.37 bits per heavy atom. The highest BCUT2D eigenvalue weighted by molar-refractivity contribution is 7.10. The molecule has 0 radical (unpaired) electrons. The molecule has 0 aliphatic carbocycles. The minimum atomic E-state index is -0.262. The van der Waals surface area contributed by atoms with E-state index < -0.39 is 0 Å². The normalized spacial score (nSPS) is 16.6. The zero-order chi connectivity index (χ0) is 18.8. The number of hydrogen-bond acceptors (Lipinski definition) is 5. The average molecular weight is 380 g/mol. The second kappa shape index (κ2) is 7.44. The third-order valence-electron chi connectivity index (χ3n) is 4.93. The third kappa shape index (κ3) is 3.55. The molecule has 7 heteroatoms. The molecule has 1 amide bonds. The van der Waals surface area contributed by atoms with Crippen molar-refractivity contribution in [2.45, 2.75) is 32.2 Å². The Labute approximate surface area is 160 Å². The number of H-pyrrole nitrogens is 1. The predicted octanol–water partition coefficient (Wildman–Crippen LogP) is 3.11. The minimum Gasteiger partial charge on any atom is -0.335 e. The first-order chi connectivity index (χ1) is 13.1. The fourth-order valence-electron chi connectivity index (χ4n) is 3.55. The number of aromatic amines is 1. The van der Waals surface area contributed by atoms with Crippen LogP contribution in [0.2, 0.25) is 0 Å². The van der Waals surface area contributed by atoms with Crippen molar-refractivity contribution in [2.24, 2.45) is 0 Å². The highest BCUT2D eigenvalue weighted by atomic mass is 32.1. The van der Waals surface area contributed by atoms with E-state index in [-0.39, 0.29) is 23.9 Å². The van der Waals surface area contributed by atoms with Crippen molar-refractivity contribution in [3.8, 4) is 11.4 Å². The molecule has 1 unspecified atom stereocenters. The molecule has 0 aromatic carbocycles. The molecule has 0 saturated carbocycles. The van der Waals surface area contributed by atoms with Gasteiger partial charge in [0.1, 0.15) is 5.82 Å². The lowest BCUT2D eigenvalue weighted by molar-refractivity contribution is -0.131. The van der Waals surface area contributed by atoms with E-state index in [1.807, 2.05) is 22.4 Å². The summed E-state index contributed by atoms with van der Waals surface area (Å²) < 4.78 is 0. The first-order valence-corrected chi connectivity index (χ1v) is 9.84. The number of rotatable bonds is 4. The van der Waals surface area contributed by atoms with E-state index in [4.69, 9.17) is 0 Å². The van der Waals surface area contributed by atoms with Crippen molar-refractivity contribution in [1.29, 1.82) is 0 Å². The van der Waals surface area contributed by atoms with Crippen LogP contribution in [0.4, 0.5) is 0 Å². The molecule has 1 fully saturated rings. The van der Waals surface area contributed by atoms with Gasteiger partial charge in [0.2, 0.25) is 5.91 Å². The number of carbonyl (C=O) groups excluding carboxylic acids is 1. The van der Waals surface area contributed by atoms with Crippen LogP contribution in [-0.2, 0) is 11.2 Å². The maximum absolute atomic E-state index is 12.9. The maximum Gasteiger partial charge on any atom is 0.255 e. The Bertz CT molecular complexity index is 999. The number of hydrogen-bond donors (Lipinski definition) is 1. The molecule has 138 valence electrons. The predicted molar refractivity (Wildman–Crippen MR) is 105 cm³/mol. The summed E-state index contributed by atoms with van der Waals surface area (Å²) in [4.78, 5) is 40.0. The van der Waals surface area contributed by atoms with Gasteiger partial charge in [-0.2, -0.15) is 0 Å². The molecule has 1 saturated heterocycles. The van der Waals surface area contributed by atoms with Crippen molar-refractivity contribution in [1.82, 2.24) is 19.9 Å². The van der Waals surface area contributed by atoms with E-state index in [0.717, 1.165) is 24.9 Å². The van der Waals surface area contributed by atoms with Gasteiger partial charge in [-0.25, -0.2) is 4.98 Å². The molecule has 3 aromatic rings. The lowest BCUT2D eigenvalue weighted by Crippen LogP contribution is -2.33. The number of likely N-dealkylation sites (tertiary alicyclic amines) is 1. The standard InChI is InChI=1S/C20H20N4O2S/c1-13-15(20(26)23-19(22-13)14-5-2-8-21-12-14)11-18(25)24-9-3-6-16(24)17-7-4-10-27-17/h2,4-5,7-8,10,12,16H,3,6,9,11H2,1H3,(H,22,23,26). The molecular formula is C20H20N4O2S. The Balaban J connectivity index is 1.57. The molecule has 27 heavy (non-hydrogen) atoms. The summed E-state index contributed by atoms with van der Waals surface area (Å²) in [6.07, 6.45) is 5.35. The molecule has 1 atom stereocenters. The number of carbonyl (C=O) groups is 1. The molecule has 4 heterocycles. The molecule has 1 N–H and O–H groups in total. The first kappa shape index (κ1) is 17.6. The summed E-state index contributed by atoms with van der Waals surface area (Å²) in [5.41, 5.74) is 1.50.